The summed E-state index contributed by atoms with van der Waals surface area (Å²) in [6.07, 6.45) is 7.87. The smallest absolute Gasteiger partial charge is 0.237 e. The highest BCUT2D eigenvalue weighted by molar-refractivity contribution is 5.82. The SMILES string of the molecule is CC(NC(=O)C1CC2CCCCC2N1)c1cn(-c2ccccc2)nn1. The molecule has 1 aliphatic carbocycles. The molecule has 2 heterocycles. The van der Waals surface area contributed by atoms with Gasteiger partial charge in [0.2, 0.25) is 5.91 Å². The molecule has 6 heteroatoms. The Kier molecular flexibility index (Phi) is 4.53. The predicted octanol–water partition coefficient (Wildman–Crippen LogP) is 2.37. The third-order valence-electron chi connectivity index (χ3n) is 5.51. The van der Waals surface area contributed by atoms with Crippen LogP contribution in [-0.4, -0.2) is 33.0 Å². The van der Waals surface area contributed by atoms with Gasteiger partial charge in [0, 0.05) is 6.04 Å². The summed E-state index contributed by atoms with van der Waals surface area (Å²) in [5, 5.41) is 15.0. The molecule has 0 spiro atoms. The summed E-state index contributed by atoms with van der Waals surface area (Å²) in [5.41, 5.74) is 1.73. The fourth-order valence-electron chi connectivity index (χ4n) is 4.09. The van der Waals surface area contributed by atoms with E-state index in [1.165, 1.54) is 25.7 Å². The van der Waals surface area contributed by atoms with E-state index < -0.39 is 0 Å². The Morgan fingerprint density at radius 2 is 2.08 bits per heavy atom. The molecule has 0 bridgehead atoms. The lowest BCUT2D eigenvalue weighted by atomic mass is 9.85. The zero-order valence-corrected chi connectivity index (χ0v) is 14.6. The monoisotopic (exact) mass is 339 g/mol. The molecule has 4 rings (SSSR count). The lowest BCUT2D eigenvalue weighted by molar-refractivity contribution is -0.123. The first kappa shape index (κ1) is 16.3. The van der Waals surface area contributed by atoms with Crippen LogP contribution in [0.5, 0.6) is 0 Å². The topological polar surface area (TPSA) is 71.8 Å². The van der Waals surface area contributed by atoms with Gasteiger partial charge in [0.15, 0.2) is 0 Å². The molecule has 2 aromatic rings. The number of hydrogen-bond donors (Lipinski definition) is 2. The molecule has 1 aromatic heterocycles. The molecule has 1 aromatic carbocycles. The van der Waals surface area contributed by atoms with E-state index in [0.29, 0.717) is 12.0 Å². The number of amides is 1. The molecule has 4 atom stereocenters. The summed E-state index contributed by atoms with van der Waals surface area (Å²) in [7, 11) is 0. The largest absolute Gasteiger partial charge is 0.347 e. The van der Waals surface area contributed by atoms with Gasteiger partial charge in [-0.1, -0.05) is 36.3 Å². The van der Waals surface area contributed by atoms with Crippen LogP contribution in [0.25, 0.3) is 5.69 Å². The Bertz CT molecular complexity index is 714. The minimum atomic E-state index is -0.158. The molecule has 1 amide bonds. The average molecular weight is 339 g/mol. The number of para-hydroxylation sites is 1. The highest BCUT2D eigenvalue weighted by atomic mass is 16.2. The summed E-state index contributed by atoms with van der Waals surface area (Å²) >= 11 is 0. The van der Waals surface area contributed by atoms with E-state index >= 15 is 0 Å². The number of nitrogens with zero attached hydrogens (tertiary/aromatic N) is 3. The van der Waals surface area contributed by atoms with E-state index in [9.17, 15) is 4.79 Å². The van der Waals surface area contributed by atoms with Crippen molar-refractivity contribution in [3.63, 3.8) is 0 Å². The lowest BCUT2D eigenvalue weighted by Gasteiger charge is -2.24. The van der Waals surface area contributed by atoms with Crippen molar-refractivity contribution < 1.29 is 4.79 Å². The van der Waals surface area contributed by atoms with Crippen molar-refractivity contribution in [1.29, 1.82) is 0 Å². The second kappa shape index (κ2) is 6.96. The number of rotatable bonds is 4. The highest BCUT2D eigenvalue weighted by Crippen LogP contribution is 2.33. The van der Waals surface area contributed by atoms with Crippen molar-refractivity contribution in [2.45, 2.75) is 57.2 Å². The van der Waals surface area contributed by atoms with Gasteiger partial charge in [-0.25, -0.2) is 4.68 Å². The number of benzene rings is 1. The molecule has 2 aliphatic rings. The van der Waals surface area contributed by atoms with Gasteiger partial charge >= 0.3 is 0 Å². The molecule has 25 heavy (non-hydrogen) atoms. The minimum absolute atomic E-state index is 0.0697. The van der Waals surface area contributed by atoms with Crippen LogP contribution in [-0.2, 0) is 4.79 Å². The minimum Gasteiger partial charge on any atom is -0.347 e. The molecule has 1 saturated heterocycles. The predicted molar refractivity (Wildman–Crippen MR) is 95.2 cm³/mol. The molecule has 2 N–H and O–H groups in total. The Morgan fingerprint density at radius 1 is 1.28 bits per heavy atom. The van der Waals surface area contributed by atoms with Crippen molar-refractivity contribution in [3.8, 4) is 5.69 Å². The summed E-state index contributed by atoms with van der Waals surface area (Å²) in [6.45, 7) is 1.96. The summed E-state index contributed by atoms with van der Waals surface area (Å²) in [5.74, 6) is 0.745. The molecule has 1 saturated carbocycles. The zero-order valence-electron chi connectivity index (χ0n) is 14.6. The van der Waals surface area contributed by atoms with Crippen molar-refractivity contribution in [2.24, 2.45) is 5.92 Å². The number of aromatic nitrogens is 3. The van der Waals surface area contributed by atoms with Gasteiger partial charge in [0.1, 0.15) is 5.69 Å². The summed E-state index contributed by atoms with van der Waals surface area (Å²) in [4.78, 5) is 12.6. The quantitative estimate of drug-likeness (QED) is 0.897. The van der Waals surface area contributed by atoms with E-state index in [2.05, 4.69) is 20.9 Å². The fourth-order valence-corrected chi connectivity index (χ4v) is 4.09. The number of hydrogen-bond acceptors (Lipinski definition) is 4. The van der Waals surface area contributed by atoms with Gasteiger partial charge < -0.3 is 10.6 Å². The Morgan fingerprint density at radius 3 is 2.88 bits per heavy atom. The lowest BCUT2D eigenvalue weighted by Crippen LogP contribution is -2.43. The maximum Gasteiger partial charge on any atom is 0.237 e. The second-order valence-electron chi connectivity index (χ2n) is 7.26. The van der Waals surface area contributed by atoms with E-state index in [1.54, 1.807) is 4.68 Å². The maximum atomic E-state index is 12.6. The van der Waals surface area contributed by atoms with Gasteiger partial charge in [-0.2, -0.15) is 0 Å². The Balaban J connectivity index is 1.38. The molecule has 4 unspecified atom stereocenters. The molecule has 6 nitrogen and oxygen atoms in total. The van der Waals surface area contributed by atoms with Crippen molar-refractivity contribution in [3.05, 3.63) is 42.2 Å². The molecule has 1 aliphatic heterocycles. The summed E-state index contributed by atoms with van der Waals surface area (Å²) in [6, 6.07) is 10.2. The molecule has 2 fully saturated rings. The molecule has 0 radical (unpaired) electrons. The summed E-state index contributed by atoms with van der Waals surface area (Å²) < 4.78 is 1.74. The second-order valence-corrected chi connectivity index (χ2v) is 7.26. The Labute approximate surface area is 148 Å². The van der Waals surface area contributed by atoms with Crippen LogP contribution in [0.4, 0.5) is 0 Å². The standard InChI is InChI=1S/C19H25N5O/c1-13(18-12-24(23-22-18)15-8-3-2-4-9-15)20-19(25)17-11-14-7-5-6-10-16(14)21-17/h2-4,8-9,12-14,16-17,21H,5-7,10-11H2,1H3,(H,20,25). The van der Waals surface area contributed by atoms with E-state index in [-0.39, 0.29) is 18.0 Å². The van der Waals surface area contributed by atoms with Gasteiger partial charge in [-0.3, -0.25) is 4.79 Å². The highest BCUT2D eigenvalue weighted by Gasteiger charge is 2.38. The third kappa shape index (κ3) is 3.44. The normalized spacial score (nSPS) is 26.8. The van der Waals surface area contributed by atoms with Gasteiger partial charge in [0.25, 0.3) is 0 Å². The third-order valence-corrected chi connectivity index (χ3v) is 5.51. The van der Waals surface area contributed by atoms with E-state index in [0.717, 1.165) is 17.8 Å². The number of carbonyl (C=O) groups excluding carboxylic acids is 1. The van der Waals surface area contributed by atoms with E-state index in [1.807, 2.05) is 43.5 Å². The number of nitrogens with one attached hydrogen (secondary N) is 2. The van der Waals surface area contributed by atoms with Crippen molar-refractivity contribution in [1.82, 2.24) is 25.6 Å². The van der Waals surface area contributed by atoms with Crippen LogP contribution in [0.15, 0.2) is 36.5 Å². The van der Waals surface area contributed by atoms with Gasteiger partial charge in [-0.15, -0.1) is 5.10 Å². The van der Waals surface area contributed by atoms with Gasteiger partial charge in [0.05, 0.1) is 24.0 Å². The average Bonchev–Trinajstić information content (AvgIpc) is 3.29. The number of fused-ring (bicyclic) bond motifs is 1. The fraction of sp³-hybridized carbons (Fsp3) is 0.526. The first-order valence-electron chi connectivity index (χ1n) is 9.25. The first-order chi connectivity index (χ1) is 12.2. The van der Waals surface area contributed by atoms with Crippen LogP contribution in [0.3, 0.4) is 0 Å². The Hall–Kier alpha value is -2.21. The number of carbonyl (C=O) groups is 1. The molecular formula is C19H25N5O. The first-order valence-corrected chi connectivity index (χ1v) is 9.25. The van der Waals surface area contributed by atoms with Crippen LogP contribution >= 0.6 is 0 Å². The van der Waals surface area contributed by atoms with Crippen molar-refractivity contribution >= 4 is 5.91 Å². The zero-order chi connectivity index (χ0) is 17.2. The van der Waals surface area contributed by atoms with Crippen molar-refractivity contribution in [2.75, 3.05) is 0 Å². The van der Waals surface area contributed by atoms with Crippen LogP contribution in [0, 0.1) is 5.92 Å². The van der Waals surface area contributed by atoms with Crippen LogP contribution in [0.2, 0.25) is 0 Å². The van der Waals surface area contributed by atoms with Gasteiger partial charge in [-0.05, 0) is 44.2 Å². The maximum absolute atomic E-state index is 12.6. The van der Waals surface area contributed by atoms with Crippen LogP contribution in [0.1, 0.15) is 50.8 Å². The molecular weight excluding hydrogens is 314 g/mol. The van der Waals surface area contributed by atoms with Crippen LogP contribution < -0.4 is 10.6 Å². The molecule has 132 valence electrons. The van der Waals surface area contributed by atoms with E-state index in [4.69, 9.17) is 0 Å².